The summed E-state index contributed by atoms with van der Waals surface area (Å²) in [5.74, 6) is 0. The third-order valence-electron chi connectivity index (χ3n) is 3.42. The summed E-state index contributed by atoms with van der Waals surface area (Å²) in [5.41, 5.74) is 6.61. The van der Waals surface area contributed by atoms with Crippen molar-refractivity contribution < 1.29 is 9.59 Å². The Bertz CT molecular complexity index is 675. The third kappa shape index (κ3) is 2.84. The maximum Gasteiger partial charge on any atom is 0.323 e. The monoisotopic (exact) mass is 288 g/mol. The van der Waals surface area contributed by atoms with Gasteiger partial charge < -0.3 is 16.0 Å². The van der Waals surface area contributed by atoms with E-state index in [1.807, 2.05) is 39.0 Å². The topological polar surface area (TPSA) is 80.4 Å². The molecular formula is C15H20N4O2. The van der Waals surface area contributed by atoms with Crippen LogP contribution in [0.1, 0.15) is 20.8 Å². The standard InChI is InChI=1S/C15H20N4O2/c1-4-18(10(2)3)15(21)17-12-9-19(14(16)20)13-8-6-5-7-11(12)13/h5-10H,4H2,1-3H3,(H2,16,20)(H,17,21). The molecule has 1 aromatic carbocycles. The second-order valence-electron chi connectivity index (χ2n) is 5.08. The van der Waals surface area contributed by atoms with E-state index in [1.54, 1.807) is 17.2 Å². The number of hydrogen-bond donors (Lipinski definition) is 2. The summed E-state index contributed by atoms with van der Waals surface area (Å²) >= 11 is 0. The zero-order chi connectivity index (χ0) is 15.6. The Morgan fingerprint density at radius 2 is 2.00 bits per heavy atom. The number of benzene rings is 1. The summed E-state index contributed by atoms with van der Waals surface area (Å²) in [4.78, 5) is 25.5. The molecule has 2 rings (SSSR count). The minimum Gasteiger partial charge on any atom is -0.351 e. The molecule has 0 fully saturated rings. The summed E-state index contributed by atoms with van der Waals surface area (Å²) in [6.45, 7) is 6.44. The van der Waals surface area contributed by atoms with Gasteiger partial charge in [-0.25, -0.2) is 9.59 Å². The van der Waals surface area contributed by atoms with Crippen LogP contribution in [0.3, 0.4) is 0 Å². The van der Waals surface area contributed by atoms with Gasteiger partial charge in [-0.3, -0.25) is 4.57 Å². The highest BCUT2D eigenvalue weighted by molar-refractivity contribution is 6.04. The number of fused-ring (bicyclic) bond motifs is 1. The smallest absolute Gasteiger partial charge is 0.323 e. The Morgan fingerprint density at radius 3 is 2.57 bits per heavy atom. The second-order valence-corrected chi connectivity index (χ2v) is 5.08. The van der Waals surface area contributed by atoms with Gasteiger partial charge in [-0.2, -0.15) is 0 Å². The highest BCUT2D eigenvalue weighted by atomic mass is 16.2. The van der Waals surface area contributed by atoms with E-state index < -0.39 is 6.03 Å². The Balaban J connectivity index is 2.39. The Hall–Kier alpha value is -2.50. The summed E-state index contributed by atoms with van der Waals surface area (Å²) < 4.78 is 1.33. The number of para-hydroxylation sites is 1. The molecule has 0 radical (unpaired) electrons. The van der Waals surface area contributed by atoms with Crippen LogP contribution in [0.5, 0.6) is 0 Å². The molecule has 0 aliphatic heterocycles. The Kier molecular flexibility index (Phi) is 4.16. The fourth-order valence-electron chi connectivity index (χ4n) is 2.39. The molecule has 1 heterocycles. The minimum atomic E-state index is -0.581. The molecule has 3 amide bonds. The third-order valence-corrected chi connectivity index (χ3v) is 3.42. The van der Waals surface area contributed by atoms with Crippen LogP contribution in [0, 0.1) is 0 Å². The second kappa shape index (κ2) is 5.87. The number of anilines is 1. The number of hydrogen-bond acceptors (Lipinski definition) is 2. The lowest BCUT2D eigenvalue weighted by atomic mass is 10.2. The average molecular weight is 288 g/mol. The molecule has 2 aromatic rings. The fourth-order valence-corrected chi connectivity index (χ4v) is 2.39. The van der Waals surface area contributed by atoms with Crippen LogP contribution in [-0.2, 0) is 0 Å². The molecule has 6 heteroatoms. The van der Waals surface area contributed by atoms with Crippen molar-refractivity contribution >= 4 is 28.7 Å². The first-order valence-electron chi connectivity index (χ1n) is 6.93. The van der Waals surface area contributed by atoms with Gasteiger partial charge >= 0.3 is 12.1 Å². The van der Waals surface area contributed by atoms with Crippen molar-refractivity contribution in [3.8, 4) is 0 Å². The van der Waals surface area contributed by atoms with E-state index in [2.05, 4.69) is 5.32 Å². The fraction of sp³-hybridized carbons (Fsp3) is 0.333. The zero-order valence-corrected chi connectivity index (χ0v) is 12.5. The molecule has 21 heavy (non-hydrogen) atoms. The molecule has 0 saturated carbocycles. The van der Waals surface area contributed by atoms with E-state index in [0.717, 1.165) is 5.39 Å². The van der Waals surface area contributed by atoms with Crippen molar-refractivity contribution in [1.29, 1.82) is 0 Å². The lowest BCUT2D eigenvalue weighted by molar-refractivity contribution is 0.201. The van der Waals surface area contributed by atoms with E-state index >= 15 is 0 Å². The van der Waals surface area contributed by atoms with E-state index in [-0.39, 0.29) is 12.1 Å². The lowest BCUT2D eigenvalue weighted by Gasteiger charge is -2.25. The SMILES string of the molecule is CCN(C(=O)Nc1cn(C(N)=O)c2ccccc12)C(C)C. The number of amides is 3. The molecule has 0 aliphatic carbocycles. The van der Waals surface area contributed by atoms with Gasteiger partial charge in [0, 0.05) is 24.2 Å². The van der Waals surface area contributed by atoms with Crippen LogP contribution in [0.15, 0.2) is 30.5 Å². The van der Waals surface area contributed by atoms with E-state index in [1.165, 1.54) is 4.57 Å². The van der Waals surface area contributed by atoms with Gasteiger partial charge in [-0.05, 0) is 26.8 Å². The number of primary amides is 1. The first kappa shape index (κ1) is 14.9. The number of carbonyl (C=O) groups excluding carboxylic acids is 2. The highest BCUT2D eigenvalue weighted by Crippen LogP contribution is 2.26. The van der Waals surface area contributed by atoms with Gasteiger partial charge in [0.05, 0.1) is 11.2 Å². The maximum absolute atomic E-state index is 12.3. The largest absolute Gasteiger partial charge is 0.351 e. The average Bonchev–Trinajstić information content (AvgIpc) is 2.78. The molecule has 0 saturated heterocycles. The summed E-state index contributed by atoms with van der Waals surface area (Å²) in [7, 11) is 0. The number of rotatable bonds is 3. The molecule has 0 atom stereocenters. The number of nitrogens with zero attached hydrogens (tertiary/aromatic N) is 2. The highest BCUT2D eigenvalue weighted by Gasteiger charge is 2.18. The van der Waals surface area contributed by atoms with E-state index in [0.29, 0.717) is 17.7 Å². The Labute approximate surface area is 123 Å². The van der Waals surface area contributed by atoms with Crippen molar-refractivity contribution in [3.05, 3.63) is 30.5 Å². The summed E-state index contributed by atoms with van der Waals surface area (Å²) in [5, 5.41) is 3.63. The first-order chi connectivity index (χ1) is 9.95. The first-order valence-corrected chi connectivity index (χ1v) is 6.93. The van der Waals surface area contributed by atoms with E-state index in [4.69, 9.17) is 5.73 Å². The molecule has 0 bridgehead atoms. The van der Waals surface area contributed by atoms with Gasteiger partial charge in [-0.15, -0.1) is 0 Å². The van der Waals surface area contributed by atoms with E-state index in [9.17, 15) is 9.59 Å². The predicted molar refractivity (Wildman–Crippen MR) is 83.5 cm³/mol. The van der Waals surface area contributed by atoms with Gasteiger partial charge in [0.25, 0.3) is 0 Å². The maximum atomic E-state index is 12.3. The van der Waals surface area contributed by atoms with Crippen molar-refractivity contribution in [3.63, 3.8) is 0 Å². The van der Waals surface area contributed by atoms with Gasteiger partial charge in [-0.1, -0.05) is 18.2 Å². The summed E-state index contributed by atoms with van der Waals surface area (Å²) in [6.07, 6.45) is 1.55. The number of urea groups is 1. The molecule has 6 nitrogen and oxygen atoms in total. The van der Waals surface area contributed by atoms with Crippen LogP contribution in [0.4, 0.5) is 15.3 Å². The van der Waals surface area contributed by atoms with Crippen molar-refractivity contribution in [2.75, 3.05) is 11.9 Å². The predicted octanol–water partition coefficient (Wildman–Crippen LogP) is 2.83. The van der Waals surface area contributed by atoms with Crippen LogP contribution >= 0.6 is 0 Å². The van der Waals surface area contributed by atoms with Crippen molar-refractivity contribution in [2.45, 2.75) is 26.8 Å². The molecule has 0 spiro atoms. The normalized spacial score (nSPS) is 10.9. The Morgan fingerprint density at radius 1 is 1.33 bits per heavy atom. The zero-order valence-electron chi connectivity index (χ0n) is 12.5. The summed E-state index contributed by atoms with van der Waals surface area (Å²) in [6, 6.07) is 6.62. The van der Waals surface area contributed by atoms with Gasteiger partial charge in [0.2, 0.25) is 0 Å². The molecule has 1 aromatic heterocycles. The molecule has 112 valence electrons. The molecule has 0 unspecified atom stereocenters. The molecule has 3 N–H and O–H groups in total. The molecule has 0 aliphatic rings. The van der Waals surface area contributed by atoms with Crippen LogP contribution in [0.2, 0.25) is 0 Å². The number of nitrogens with one attached hydrogen (secondary N) is 1. The van der Waals surface area contributed by atoms with Crippen molar-refractivity contribution in [2.24, 2.45) is 5.73 Å². The molecular weight excluding hydrogens is 268 g/mol. The minimum absolute atomic E-state index is 0.0968. The van der Waals surface area contributed by atoms with Crippen LogP contribution in [-0.4, -0.2) is 34.1 Å². The van der Waals surface area contributed by atoms with Crippen molar-refractivity contribution in [1.82, 2.24) is 9.47 Å². The van der Waals surface area contributed by atoms with Gasteiger partial charge in [0.1, 0.15) is 0 Å². The van der Waals surface area contributed by atoms with Crippen LogP contribution in [0.25, 0.3) is 10.9 Å². The number of nitrogens with two attached hydrogens (primary N) is 1. The van der Waals surface area contributed by atoms with Gasteiger partial charge in [0.15, 0.2) is 0 Å². The van der Waals surface area contributed by atoms with Crippen LogP contribution < -0.4 is 11.1 Å². The lowest BCUT2D eigenvalue weighted by Crippen LogP contribution is -2.39. The number of aromatic nitrogens is 1. The quantitative estimate of drug-likeness (QED) is 0.910. The number of carbonyl (C=O) groups is 2.